The van der Waals surface area contributed by atoms with Crippen LogP contribution in [-0.2, 0) is 0 Å². The standard InChI is InChI=1S/C35H21NO/c1-2-10-23-22(9-1)24-11-3-4-12-26(24)29-15-7-16-30(34(29)28-14-6-5-13-25(23)28)32-18-8-17-31-27-19-20-36-21-33(27)37-35(31)32/h1-21H. The van der Waals surface area contributed by atoms with E-state index in [-0.39, 0.29) is 0 Å². The van der Waals surface area contributed by atoms with Crippen molar-refractivity contribution in [1.82, 2.24) is 4.98 Å². The third-order valence-electron chi connectivity index (χ3n) is 7.58. The minimum atomic E-state index is 0.809. The van der Waals surface area contributed by atoms with Crippen LogP contribution >= 0.6 is 0 Å². The van der Waals surface area contributed by atoms with Gasteiger partial charge in [-0.2, -0.15) is 0 Å². The van der Waals surface area contributed by atoms with E-state index in [1.54, 1.807) is 6.20 Å². The molecule has 2 heteroatoms. The molecule has 0 unspecified atom stereocenters. The van der Waals surface area contributed by atoms with Crippen molar-refractivity contribution >= 4 is 21.9 Å². The van der Waals surface area contributed by atoms with Crippen molar-refractivity contribution in [3.05, 3.63) is 128 Å². The van der Waals surface area contributed by atoms with Crippen LogP contribution in [0, 0.1) is 0 Å². The molecule has 37 heavy (non-hydrogen) atoms. The summed E-state index contributed by atoms with van der Waals surface area (Å²) in [5, 5.41) is 2.20. The molecule has 2 nitrogen and oxygen atoms in total. The zero-order valence-electron chi connectivity index (χ0n) is 20.0. The molecule has 172 valence electrons. The number of para-hydroxylation sites is 1. The van der Waals surface area contributed by atoms with Gasteiger partial charge < -0.3 is 4.42 Å². The van der Waals surface area contributed by atoms with E-state index in [0.29, 0.717) is 0 Å². The maximum Gasteiger partial charge on any atom is 0.153 e. The fourth-order valence-electron chi connectivity index (χ4n) is 6.00. The summed E-state index contributed by atoms with van der Waals surface area (Å²) in [5.41, 5.74) is 13.9. The van der Waals surface area contributed by atoms with Crippen molar-refractivity contribution in [3.63, 3.8) is 0 Å². The Hall–Kier alpha value is -4.95. The second-order valence-corrected chi connectivity index (χ2v) is 9.52. The van der Waals surface area contributed by atoms with Gasteiger partial charge in [0, 0.05) is 22.5 Å². The number of rotatable bonds is 1. The largest absolute Gasteiger partial charge is 0.454 e. The lowest BCUT2D eigenvalue weighted by molar-refractivity contribution is 0.668. The Bertz CT molecular complexity index is 1990. The first-order valence-electron chi connectivity index (χ1n) is 12.6. The van der Waals surface area contributed by atoms with Crippen LogP contribution in [0.2, 0.25) is 0 Å². The van der Waals surface area contributed by atoms with Gasteiger partial charge in [0.25, 0.3) is 0 Å². The van der Waals surface area contributed by atoms with Crippen molar-refractivity contribution < 1.29 is 4.42 Å². The van der Waals surface area contributed by atoms with Gasteiger partial charge in [0.15, 0.2) is 5.58 Å². The number of benzene rings is 5. The van der Waals surface area contributed by atoms with Gasteiger partial charge in [-0.15, -0.1) is 0 Å². The molecular weight excluding hydrogens is 450 g/mol. The molecule has 0 atom stereocenters. The minimum Gasteiger partial charge on any atom is -0.454 e. The predicted octanol–water partition coefficient (Wildman–Crippen LogP) is 9.63. The van der Waals surface area contributed by atoms with Gasteiger partial charge in [0.1, 0.15) is 5.58 Å². The molecule has 0 N–H and O–H groups in total. The molecular formula is C35H21NO. The SMILES string of the molecule is c1ccc2c(c1)-c1ccccc1-c1cccc(-c3cccc4c3oc3cnccc34)c1-c1ccccc1-2. The molecule has 0 saturated heterocycles. The lowest BCUT2D eigenvalue weighted by Gasteiger charge is -2.25. The normalized spacial score (nSPS) is 11.8. The molecule has 0 radical (unpaired) electrons. The van der Waals surface area contributed by atoms with E-state index in [1.165, 1.54) is 44.5 Å². The van der Waals surface area contributed by atoms with E-state index < -0.39 is 0 Å². The summed E-state index contributed by atoms with van der Waals surface area (Å²) >= 11 is 0. The number of hydrogen-bond acceptors (Lipinski definition) is 2. The molecule has 7 aromatic rings. The van der Waals surface area contributed by atoms with Crippen molar-refractivity contribution in [2.24, 2.45) is 0 Å². The first kappa shape index (κ1) is 20.3. The molecule has 0 fully saturated rings. The molecule has 0 amide bonds. The lowest BCUT2D eigenvalue weighted by atomic mass is 9.78. The van der Waals surface area contributed by atoms with Gasteiger partial charge in [0.2, 0.25) is 0 Å². The summed E-state index contributed by atoms with van der Waals surface area (Å²) < 4.78 is 6.44. The lowest BCUT2D eigenvalue weighted by Crippen LogP contribution is -1.98. The molecule has 1 aliphatic carbocycles. The van der Waals surface area contributed by atoms with E-state index in [2.05, 4.69) is 114 Å². The van der Waals surface area contributed by atoms with Gasteiger partial charge in [-0.25, -0.2) is 0 Å². The molecule has 8 rings (SSSR count). The second kappa shape index (κ2) is 7.78. The third kappa shape index (κ3) is 2.90. The molecule has 0 spiro atoms. The van der Waals surface area contributed by atoms with Crippen molar-refractivity contribution in [2.75, 3.05) is 0 Å². The van der Waals surface area contributed by atoms with E-state index in [4.69, 9.17) is 4.42 Å². The molecule has 5 aromatic carbocycles. The van der Waals surface area contributed by atoms with E-state index in [1.807, 2.05) is 12.3 Å². The summed E-state index contributed by atoms with van der Waals surface area (Å²) in [6, 6.07) is 41.4. The zero-order chi connectivity index (χ0) is 24.3. The maximum atomic E-state index is 6.44. The van der Waals surface area contributed by atoms with Gasteiger partial charge in [-0.1, -0.05) is 109 Å². The molecule has 0 aliphatic heterocycles. The van der Waals surface area contributed by atoms with Gasteiger partial charge in [-0.3, -0.25) is 4.98 Å². The number of fused-ring (bicyclic) bond motifs is 11. The van der Waals surface area contributed by atoms with Crippen molar-refractivity contribution in [1.29, 1.82) is 0 Å². The molecule has 2 heterocycles. The highest BCUT2D eigenvalue weighted by atomic mass is 16.3. The van der Waals surface area contributed by atoms with Gasteiger partial charge >= 0.3 is 0 Å². The predicted molar refractivity (Wildman–Crippen MR) is 152 cm³/mol. The Morgan fingerprint density at radius 1 is 0.405 bits per heavy atom. The number of aromatic nitrogens is 1. The Morgan fingerprint density at radius 2 is 0.892 bits per heavy atom. The van der Waals surface area contributed by atoms with Crippen LogP contribution in [0.15, 0.2) is 132 Å². The summed E-state index contributed by atoms with van der Waals surface area (Å²) in [4.78, 5) is 4.29. The van der Waals surface area contributed by atoms with E-state index in [0.717, 1.165) is 33.1 Å². The van der Waals surface area contributed by atoms with Gasteiger partial charge in [0.05, 0.1) is 6.20 Å². The van der Waals surface area contributed by atoms with Gasteiger partial charge in [-0.05, 0) is 56.1 Å². The van der Waals surface area contributed by atoms with Crippen LogP contribution in [0.3, 0.4) is 0 Å². The number of nitrogens with zero attached hydrogens (tertiary/aromatic N) is 1. The molecule has 1 aliphatic rings. The van der Waals surface area contributed by atoms with Crippen LogP contribution in [0.5, 0.6) is 0 Å². The van der Waals surface area contributed by atoms with Crippen LogP contribution in [0.25, 0.3) is 77.6 Å². The van der Waals surface area contributed by atoms with Crippen molar-refractivity contribution in [2.45, 2.75) is 0 Å². The average Bonchev–Trinajstić information content (AvgIpc) is 3.35. The van der Waals surface area contributed by atoms with Crippen LogP contribution in [-0.4, -0.2) is 4.98 Å². The topological polar surface area (TPSA) is 26.0 Å². The Labute approximate surface area is 214 Å². The monoisotopic (exact) mass is 471 g/mol. The first-order chi connectivity index (χ1) is 18.4. The average molecular weight is 472 g/mol. The summed E-state index contributed by atoms with van der Waals surface area (Å²) in [5.74, 6) is 0. The molecule has 0 bridgehead atoms. The maximum absolute atomic E-state index is 6.44. The Morgan fingerprint density at radius 3 is 1.57 bits per heavy atom. The first-order valence-corrected chi connectivity index (χ1v) is 12.6. The number of pyridine rings is 1. The molecule has 2 aromatic heterocycles. The van der Waals surface area contributed by atoms with Crippen molar-refractivity contribution in [3.8, 4) is 55.6 Å². The second-order valence-electron chi connectivity index (χ2n) is 9.52. The fraction of sp³-hybridized carbons (Fsp3) is 0. The summed E-state index contributed by atoms with van der Waals surface area (Å²) in [7, 11) is 0. The van der Waals surface area contributed by atoms with E-state index >= 15 is 0 Å². The highest BCUT2D eigenvalue weighted by Gasteiger charge is 2.25. The quantitative estimate of drug-likeness (QED) is 0.238. The zero-order valence-corrected chi connectivity index (χ0v) is 20.0. The third-order valence-corrected chi connectivity index (χ3v) is 7.58. The minimum absolute atomic E-state index is 0.809. The highest BCUT2D eigenvalue weighted by molar-refractivity contribution is 6.13. The van der Waals surface area contributed by atoms with Crippen LogP contribution < -0.4 is 0 Å². The van der Waals surface area contributed by atoms with E-state index in [9.17, 15) is 0 Å². The van der Waals surface area contributed by atoms with Crippen LogP contribution in [0.4, 0.5) is 0 Å². The Kier molecular flexibility index (Phi) is 4.26. The Balaban J connectivity index is 1.54. The number of hydrogen-bond donors (Lipinski definition) is 0. The van der Waals surface area contributed by atoms with Crippen LogP contribution in [0.1, 0.15) is 0 Å². The highest BCUT2D eigenvalue weighted by Crippen LogP contribution is 2.51. The summed E-state index contributed by atoms with van der Waals surface area (Å²) in [6.07, 6.45) is 3.63. The molecule has 0 saturated carbocycles. The smallest absolute Gasteiger partial charge is 0.153 e. The fourth-order valence-corrected chi connectivity index (χ4v) is 6.00. The number of furan rings is 1. The summed E-state index contributed by atoms with van der Waals surface area (Å²) in [6.45, 7) is 0.